The Morgan fingerprint density at radius 2 is 1.93 bits per heavy atom. The van der Waals surface area contributed by atoms with Gasteiger partial charge in [0.25, 0.3) is 0 Å². The standard InChI is InChI=1S/C20H30N4O3/c1-22-9-2-10-23(12-11-22)20(26)15-18-16-27-14-13-24(18)19(25)4-3-17-5-7-21-8-6-17/h5-8,18H,2-4,9-16H2,1H3. The van der Waals surface area contributed by atoms with Crippen molar-refractivity contribution in [2.24, 2.45) is 0 Å². The van der Waals surface area contributed by atoms with Gasteiger partial charge in [0.15, 0.2) is 0 Å². The topological polar surface area (TPSA) is 66.0 Å². The van der Waals surface area contributed by atoms with Gasteiger partial charge in [0.2, 0.25) is 11.8 Å². The Kier molecular flexibility index (Phi) is 7.18. The molecular weight excluding hydrogens is 344 g/mol. The van der Waals surface area contributed by atoms with Crippen LogP contribution in [0.5, 0.6) is 0 Å². The first-order chi connectivity index (χ1) is 13.1. The van der Waals surface area contributed by atoms with Crippen molar-refractivity contribution in [3.8, 4) is 0 Å². The summed E-state index contributed by atoms with van der Waals surface area (Å²) in [6.07, 6.45) is 5.98. The molecule has 7 heteroatoms. The van der Waals surface area contributed by atoms with Crippen molar-refractivity contribution in [1.82, 2.24) is 19.7 Å². The van der Waals surface area contributed by atoms with E-state index in [2.05, 4.69) is 16.9 Å². The number of pyridine rings is 1. The second-order valence-electron chi connectivity index (χ2n) is 7.41. The van der Waals surface area contributed by atoms with Crippen molar-refractivity contribution in [3.63, 3.8) is 0 Å². The van der Waals surface area contributed by atoms with Gasteiger partial charge in [0, 0.05) is 51.4 Å². The van der Waals surface area contributed by atoms with Gasteiger partial charge in [-0.1, -0.05) is 0 Å². The van der Waals surface area contributed by atoms with Gasteiger partial charge in [-0.25, -0.2) is 0 Å². The lowest BCUT2D eigenvalue weighted by Gasteiger charge is -2.36. The van der Waals surface area contributed by atoms with Crippen LogP contribution in [-0.4, -0.2) is 90.5 Å². The summed E-state index contributed by atoms with van der Waals surface area (Å²) in [5.41, 5.74) is 1.10. The monoisotopic (exact) mass is 374 g/mol. The number of aryl methyl sites for hydroxylation is 1. The maximum Gasteiger partial charge on any atom is 0.224 e. The summed E-state index contributed by atoms with van der Waals surface area (Å²) in [6, 6.07) is 3.71. The van der Waals surface area contributed by atoms with Crippen molar-refractivity contribution in [2.75, 3.05) is 53.0 Å². The van der Waals surface area contributed by atoms with Crippen LogP contribution in [0.1, 0.15) is 24.8 Å². The highest BCUT2D eigenvalue weighted by atomic mass is 16.5. The molecule has 148 valence electrons. The van der Waals surface area contributed by atoms with Crippen molar-refractivity contribution < 1.29 is 14.3 Å². The molecule has 2 fully saturated rings. The lowest BCUT2D eigenvalue weighted by Crippen LogP contribution is -2.51. The second-order valence-corrected chi connectivity index (χ2v) is 7.41. The smallest absolute Gasteiger partial charge is 0.224 e. The van der Waals surface area contributed by atoms with E-state index in [9.17, 15) is 9.59 Å². The van der Waals surface area contributed by atoms with Crippen LogP contribution >= 0.6 is 0 Å². The average molecular weight is 374 g/mol. The number of ether oxygens (including phenoxy) is 1. The molecule has 27 heavy (non-hydrogen) atoms. The van der Waals surface area contributed by atoms with E-state index < -0.39 is 0 Å². The molecule has 0 aromatic carbocycles. The molecule has 1 unspecified atom stereocenters. The minimum absolute atomic E-state index is 0.100. The third-order valence-corrected chi connectivity index (χ3v) is 5.41. The third-order valence-electron chi connectivity index (χ3n) is 5.41. The number of aromatic nitrogens is 1. The number of amides is 2. The summed E-state index contributed by atoms with van der Waals surface area (Å²) in [7, 11) is 2.09. The number of hydrogen-bond acceptors (Lipinski definition) is 5. The molecule has 2 amide bonds. The first-order valence-corrected chi connectivity index (χ1v) is 9.86. The Bertz CT molecular complexity index is 625. The summed E-state index contributed by atoms with van der Waals surface area (Å²) >= 11 is 0. The Balaban J connectivity index is 1.54. The highest BCUT2D eigenvalue weighted by Gasteiger charge is 2.30. The summed E-state index contributed by atoms with van der Waals surface area (Å²) in [5, 5.41) is 0. The molecule has 3 heterocycles. The van der Waals surface area contributed by atoms with Crippen LogP contribution in [0.2, 0.25) is 0 Å². The van der Waals surface area contributed by atoms with Crippen LogP contribution in [0.4, 0.5) is 0 Å². The van der Waals surface area contributed by atoms with Gasteiger partial charge in [0.05, 0.1) is 19.3 Å². The number of carbonyl (C=O) groups excluding carboxylic acids is 2. The quantitative estimate of drug-likeness (QED) is 0.763. The summed E-state index contributed by atoms with van der Waals surface area (Å²) in [5.74, 6) is 0.233. The van der Waals surface area contributed by atoms with Crippen LogP contribution in [0.3, 0.4) is 0 Å². The second kappa shape index (κ2) is 9.80. The van der Waals surface area contributed by atoms with Gasteiger partial charge in [-0.2, -0.15) is 0 Å². The zero-order chi connectivity index (χ0) is 19.1. The van der Waals surface area contributed by atoms with Crippen molar-refractivity contribution in [1.29, 1.82) is 0 Å². The van der Waals surface area contributed by atoms with Gasteiger partial charge >= 0.3 is 0 Å². The van der Waals surface area contributed by atoms with E-state index in [1.165, 1.54) is 0 Å². The SMILES string of the molecule is CN1CCCN(C(=O)CC2COCCN2C(=O)CCc2ccncc2)CC1. The highest BCUT2D eigenvalue weighted by molar-refractivity contribution is 5.80. The molecule has 3 rings (SSSR count). The molecule has 0 aliphatic carbocycles. The maximum absolute atomic E-state index is 12.8. The molecule has 0 spiro atoms. The van der Waals surface area contributed by atoms with E-state index in [0.717, 1.165) is 38.2 Å². The van der Waals surface area contributed by atoms with Crippen LogP contribution < -0.4 is 0 Å². The fourth-order valence-corrected chi connectivity index (χ4v) is 3.72. The van der Waals surface area contributed by atoms with E-state index in [1.807, 2.05) is 21.9 Å². The van der Waals surface area contributed by atoms with Crippen LogP contribution in [0.15, 0.2) is 24.5 Å². The molecule has 1 aromatic rings. The predicted octanol–water partition coefficient (Wildman–Crippen LogP) is 0.796. The van der Waals surface area contributed by atoms with Gasteiger partial charge < -0.3 is 19.4 Å². The van der Waals surface area contributed by atoms with E-state index in [0.29, 0.717) is 39.0 Å². The summed E-state index contributed by atoms with van der Waals surface area (Å²) < 4.78 is 5.57. The van der Waals surface area contributed by atoms with Crippen LogP contribution in [0.25, 0.3) is 0 Å². The Labute approximate surface area is 161 Å². The number of rotatable bonds is 5. The van der Waals surface area contributed by atoms with Crippen molar-refractivity contribution >= 4 is 11.8 Å². The first kappa shape index (κ1) is 19.8. The zero-order valence-electron chi connectivity index (χ0n) is 16.2. The third kappa shape index (κ3) is 5.74. The zero-order valence-corrected chi connectivity index (χ0v) is 16.2. The number of carbonyl (C=O) groups is 2. The fourth-order valence-electron chi connectivity index (χ4n) is 3.72. The minimum Gasteiger partial charge on any atom is -0.377 e. The molecule has 7 nitrogen and oxygen atoms in total. The molecular formula is C20H30N4O3. The Morgan fingerprint density at radius 1 is 1.11 bits per heavy atom. The van der Waals surface area contributed by atoms with Crippen LogP contribution in [-0.2, 0) is 20.7 Å². The molecule has 0 saturated carbocycles. The van der Waals surface area contributed by atoms with Crippen LogP contribution in [0, 0.1) is 0 Å². The summed E-state index contributed by atoms with van der Waals surface area (Å²) in [4.78, 5) is 35.6. The largest absolute Gasteiger partial charge is 0.377 e. The van der Waals surface area contributed by atoms with E-state index in [-0.39, 0.29) is 17.9 Å². The van der Waals surface area contributed by atoms with Crippen molar-refractivity contribution in [2.45, 2.75) is 31.7 Å². The van der Waals surface area contributed by atoms with Crippen molar-refractivity contribution in [3.05, 3.63) is 30.1 Å². The highest BCUT2D eigenvalue weighted by Crippen LogP contribution is 2.16. The lowest BCUT2D eigenvalue weighted by atomic mass is 10.1. The van der Waals surface area contributed by atoms with Gasteiger partial charge in [0.1, 0.15) is 0 Å². The molecule has 1 atom stereocenters. The maximum atomic E-state index is 12.8. The fraction of sp³-hybridized carbons (Fsp3) is 0.650. The molecule has 0 bridgehead atoms. The molecule has 2 aliphatic heterocycles. The number of hydrogen-bond donors (Lipinski definition) is 0. The van der Waals surface area contributed by atoms with Gasteiger partial charge in [-0.15, -0.1) is 0 Å². The Hall–Kier alpha value is -1.99. The molecule has 1 aromatic heterocycles. The molecule has 0 N–H and O–H groups in total. The number of likely N-dealkylation sites (N-methyl/N-ethyl adjacent to an activating group) is 1. The lowest BCUT2D eigenvalue weighted by molar-refractivity contribution is -0.143. The number of nitrogens with zero attached hydrogens (tertiary/aromatic N) is 4. The van der Waals surface area contributed by atoms with E-state index in [4.69, 9.17) is 4.74 Å². The molecule has 2 aliphatic rings. The van der Waals surface area contributed by atoms with E-state index in [1.54, 1.807) is 12.4 Å². The van der Waals surface area contributed by atoms with E-state index >= 15 is 0 Å². The molecule has 2 saturated heterocycles. The Morgan fingerprint density at radius 3 is 2.74 bits per heavy atom. The predicted molar refractivity (Wildman–Crippen MR) is 102 cm³/mol. The van der Waals surface area contributed by atoms with Gasteiger partial charge in [-0.05, 0) is 44.1 Å². The average Bonchev–Trinajstić information content (AvgIpc) is 2.92. The normalized spacial score (nSPS) is 21.7. The summed E-state index contributed by atoms with van der Waals surface area (Å²) in [6.45, 7) is 5.04. The number of morpholine rings is 1. The minimum atomic E-state index is -0.155. The first-order valence-electron chi connectivity index (χ1n) is 9.86. The van der Waals surface area contributed by atoms with Gasteiger partial charge in [-0.3, -0.25) is 14.6 Å². The molecule has 0 radical (unpaired) electrons.